The third-order valence-electron chi connectivity index (χ3n) is 5.04. The Morgan fingerprint density at radius 2 is 1.83 bits per heavy atom. The van der Waals surface area contributed by atoms with E-state index in [2.05, 4.69) is 27.5 Å². The third-order valence-corrected chi connectivity index (χ3v) is 5.04. The van der Waals surface area contributed by atoms with Gasteiger partial charge < -0.3 is 20.4 Å². The number of likely N-dealkylation sites (N-methyl/N-ethyl adjacent to an activating group) is 1. The zero-order valence-corrected chi connectivity index (χ0v) is 16.6. The molecule has 0 spiro atoms. The first kappa shape index (κ1) is 20.8. The van der Waals surface area contributed by atoms with Gasteiger partial charge in [-0.25, -0.2) is 0 Å². The number of carbonyl (C=O) groups is 1. The number of anilines is 2. The lowest BCUT2D eigenvalue weighted by atomic mass is 10.1. The molecule has 0 saturated carbocycles. The average Bonchev–Trinajstić information content (AvgIpc) is 2.73. The molecule has 8 heteroatoms. The molecule has 29 heavy (non-hydrogen) atoms. The number of rotatable bonds is 8. The molecule has 0 unspecified atom stereocenters. The molecule has 2 aromatic rings. The molecule has 1 amide bonds. The van der Waals surface area contributed by atoms with Crippen molar-refractivity contribution in [1.29, 1.82) is 0 Å². The van der Waals surface area contributed by atoms with E-state index in [9.17, 15) is 14.9 Å². The number of amides is 1. The van der Waals surface area contributed by atoms with Gasteiger partial charge in [-0.3, -0.25) is 14.9 Å². The second-order valence-corrected chi connectivity index (χ2v) is 7.23. The van der Waals surface area contributed by atoms with Crippen molar-refractivity contribution in [3.8, 4) is 0 Å². The number of benzene rings is 2. The highest BCUT2D eigenvalue weighted by molar-refractivity contribution is 5.95. The zero-order chi connectivity index (χ0) is 20.6. The number of carbonyl (C=O) groups excluding carboxylic acids is 1. The summed E-state index contributed by atoms with van der Waals surface area (Å²) >= 11 is 0. The summed E-state index contributed by atoms with van der Waals surface area (Å²) in [5, 5.41) is 17.4. The average molecular weight is 397 g/mol. The first-order valence-electron chi connectivity index (χ1n) is 9.82. The van der Waals surface area contributed by atoms with Crippen LogP contribution in [0, 0.1) is 10.1 Å². The second-order valence-electron chi connectivity index (χ2n) is 7.23. The van der Waals surface area contributed by atoms with Gasteiger partial charge in [-0.05, 0) is 44.3 Å². The molecule has 1 aliphatic heterocycles. The molecule has 0 radical (unpaired) electrons. The minimum atomic E-state index is -0.477. The summed E-state index contributed by atoms with van der Waals surface area (Å²) in [7, 11) is 2.12. The molecule has 1 saturated heterocycles. The summed E-state index contributed by atoms with van der Waals surface area (Å²) in [4.78, 5) is 28.1. The van der Waals surface area contributed by atoms with Crippen molar-refractivity contribution >= 4 is 23.0 Å². The van der Waals surface area contributed by atoms with E-state index in [1.54, 1.807) is 12.1 Å². The fraction of sp³-hybridized carbons (Fsp3) is 0.381. The van der Waals surface area contributed by atoms with Crippen LogP contribution in [0.25, 0.3) is 0 Å². The van der Waals surface area contributed by atoms with E-state index < -0.39 is 4.92 Å². The van der Waals surface area contributed by atoms with Crippen molar-refractivity contribution in [3.63, 3.8) is 0 Å². The number of nitro benzene ring substituents is 1. The van der Waals surface area contributed by atoms with E-state index in [1.165, 1.54) is 6.07 Å². The highest BCUT2D eigenvalue weighted by Gasteiger charge is 2.18. The molecule has 2 aromatic carbocycles. The van der Waals surface area contributed by atoms with Crippen molar-refractivity contribution in [2.75, 3.05) is 51.6 Å². The molecule has 0 aliphatic carbocycles. The molecular weight excluding hydrogens is 370 g/mol. The first-order valence-corrected chi connectivity index (χ1v) is 9.82. The number of hydrogen-bond acceptors (Lipinski definition) is 6. The highest BCUT2D eigenvalue weighted by atomic mass is 16.6. The monoisotopic (exact) mass is 397 g/mol. The number of para-hydroxylation sites is 1. The van der Waals surface area contributed by atoms with E-state index >= 15 is 0 Å². The molecule has 8 nitrogen and oxygen atoms in total. The van der Waals surface area contributed by atoms with Gasteiger partial charge in [-0.2, -0.15) is 0 Å². The van der Waals surface area contributed by atoms with Gasteiger partial charge >= 0.3 is 0 Å². The van der Waals surface area contributed by atoms with Gasteiger partial charge in [-0.1, -0.05) is 18.2 Å². The van der Waals surface area contributed by atoms with Crippen LogP contribution in [0.2, 0.25) is 0 Å². The van der Waals surface area contributed by atoms with Gasteiger partial charge in [0.15, 0.2) is 0 Å². The van der Waals surface area contributed by atoms with E-state index in [-0.39, 0.29) is 17.2 Å². The summed E-state index contributed by atoms with van der Waals surface area (Å²) in [5.41, 5.74) is 1.26. The largest absolute Gasteiger partial charge is 0.352 e. The van der Waals surface area contributed by atoms with E-state index in [0.717, 1.165) is 44.8 Å². The lowest BCUT2D eigenvalue weighted by Gasteiger charge is -2.32. The highest BCUT2D eigenvalue weighted by Crippen LogP contribution is 2.28. The molecule has 3 rings (SSSR count). The Labute approximate surface area is 170 Å². The number of piperazine rings is 1. The van der Waals surface area contributed by atoms with Gasteiger partial charge in [0.05, 0.1) is 4.92 Å². The van der Waals surface area contributed by atoms with Crippen molar-refractivity contribution < 1.29 is 9.72 Å². The molecule has 154 valence electrons. The lowest BCUT2D eigenvalue weighted by Crippen LogP contribution is -2.45. The summed E-state index contributed by atoms with van der Waals surface area (Å²) < 4.78 is 0. The van der Waals surface area contributed by atoms with Crippen LogP contribution < -0.4 is 10.6 Å². The van der Waals surface area contributed by atoms with Crippen LogP contribution in [-0.4, -0.2) is 66.9 Å². The summed E-state index contributed by atoms with van der Waals surface area (Å²) in [6, 6.07) is 13.7. The van der Waals surface area contributed by atoms with Crippen LogP contribution in [0.3, 0.4) is 0 Å². The van der Waals surface area contributed by atoms with Gasteiger partial charge in [0, 0.05) is 50.0 Å². The van der Waals surface area contributed by atoms with Crippen LogP contribution in [0.15, 0.2) is 48.5 Å². The molecule has 0 atom stereocenters. The Morgan fingerprint density at radius 3 is 2.52 bits per heavy atom. The SMILES string of the molecule is CN1CCN(CCCNC(=O)c2ccc(Nc3ccccc3)c([N+](=O)[O-])c2)CC1. The molecule has 0 bridgehead atoms. The number of nitrogens with zero attached hydrogens (tertiary/aromatic N) is 3. The van der Waals surface area contributed by atoms with Crippen LogP contribution in [0.5, 0.6) is 0 Å². The van der Waals surface area contributed by atoms with Gasteiger partial charge in [-0.15, -0.1) is 0 Å². The summed E-state index contributed by atoms with van der Waals surface area (Å²) in [6.45, 7) is 5.72. The predicted molar refractivity (Wildman–Crippen MR) is 114 cm³/mol. The fourth-order valence-corrected chi connectivity index (χ4v) is 3.28. The normalized spacial score (nSPS) is 15.1. The van der Waals surface area contributed by atoms with Crippen LogP contribution in [-0.2, 0) is 0 Å². The summed E-state index contributed by atoms with van der Waals surface area (Å²) in [6.07, 6.45) is 0.852. The van der Waals surface area contributed by atoms with Crippen molar-refractivity contribution in [1.82, 2.24) is 15.1 Å². The Morgan fingerprint density at radius 1 is 1.10 bits per heavy atom. The number of hydrogen-bond donors (Lipinski definition) is 2. The topological polar surface area (TPSA) is 90.8 Å². The minimum Gasteiger partial charge on any atom is -0.352 e. The Hall–Kier alpha value is -2.97. The second kappa shape index (κ2) is 9.99. The lowest BCUT2D eigenvalue weighted by molar-refractivity contribution is -0.383. The van der Waals surface area contributed by atoms with E-state index in [0.29, 0.717) is 12.2 Å². The quantitative estimate of drug-likeness (QED) is 0.404. The smallest absolute Gasteiger partial charge is 0.293 e. The van der Waals surface area contributed by atoms with Crippen molar-refractivity contribution in [3.05, 3.63) is 64.2 Å². The minimum absolute atomic E-state index is 0.126. The summed E-state index contributed by atoms with van der Waals surface area (Å²) in [5.74, 6) is -0.294. The molecule has 0 aromatic heterocycles. The van der Waals surface area contributed by atoms with E-state index in [4.69, 9.17) is 0 Å². The van der Waals surface area contributed by atoms with Crippen molar-refractivity contribution in [2.24, 2.45) is 0 Å². The predicted octanol–water partition coefficient (Wildman–Crippen LogP) is 2.71. The number of nitro groups is 1. The molecule has 2 N–H and O–H groups in total. The Kier molecular flexibility index (Phi) is 7.15. The Bertz CT molecular complexity index is 835. The number of nitrogens with one attached hydrogen (secondary N) is 2. The maximum absolute atomic E-state index is 12.4. The first-order chi connectivity index (χ1) is 14.0. The third kappa shape index (κ3) is 6.00. The van der Waals surface area contributed by atoms with Gasteiger partial charge in [0.25, 0.3) is 11.6 Å². The fourth-order valence-electron chi connectivity index (χ4n) is 3.28. The van der Waals surface area contributed by atoms with Gasteiger partial charge in [0.2, 0.25) is 0 Å². The van der Waals surface area contributed by atoms with Crippen LogP contribution in [0.4, 0.5) is 17.1 Å². The molecule has 1 aliphatic rings. The standard InChI is InChI=1S/C21H27N5O3/c1-24-12-14-25(15-13-24)11-5-10-22-21(27)17-8-9-19(20(16-17)26(28)29)23-18-6-3-2-4-7-18/h2-4,6-9,16,23H,5,10-15H2,1H3,(H,22,27). The molecular formula is C21H27N5O3. The maximum atomic E-state index is 12.4. The molecule has 1 fully saturated rings. The van der Waals surface area contributed by atoms with Crippen LogP contribution in [0.1, 0.15) is 16.8 Å². The Balaban J connectivity index is 1.54. The van der Waals surface area contributed by atoms with Crippen molar-refractivity contribution in [2.45, 2.75) is 6.42 Å². The van der Waals surface area contributed by atoms with Gasteiger partial charge in [0.1, 0.15) is 5.69 Å². The zero-order valence-electron chi connectivity index (χ0n) is 16.6. The molecule has 1 heterocycles. The van der Waals surface area contributed by atoms with Crippen LogP contribution >= 0.6 is 0 Å². The van der Waals surface area contributed by atoms with E-state index in [1.807, 2.05) is 30.3 Å². The maximum Gasteiger partial charge on any atom is 0.293 e.